The van der Waals surface area contributed by atoms with Crippen LogP contribution in [0.2, 0.25) is 0 Å². The molecule has 110 valence electrons. The van der Waals surface area contributed by atoms with Crippen molar-refractivity contribution < 1.29 is 4.79 Å². The van der Waals surface area contributed by atoms with Gasteiger partial charge in [-0.3, -0.25) is 4.79 Å². The average molecular weight is 292 g/mol. The fourth-order valence-corrected chi connectivity index (χ4v) is 1.82. The number of amides is 1. The number of nitrogens with two attached hydrogens (primary N) is 1. The summed E-state index contributed by atoms with van der Waals surface area (Å²) in [7, 11) is 0. The fourth-order valence-electron chi connectivity index (χ4n) is 1.69. The van der Waals surface area contributed by atoms with Crippen LogP contribution in [0.4, 0.5) is 0 Å². The summed E-state index contributed by atoms with van der Waals surface area (Å²) in [4.78, 5) is 12.3. The van der Waals surface area contributed by atoms with Crippen molar-refractivity contribution in [1.29, 1.82) is 0 Å². The number of hydrogen-bond donors (Lipinski definition) is 2. The molecule has 0 aromatic heterocycles. The number of benzene rings is 1. The van der Waals surface area contributed by atoms with E-state index in [0.29, 0.717) is 23.9 Å². The molecule has 1 amide bonds. The van der Waals surface area contributed by atoms with Crippen molar-refractivity contribution in [3.8, 4) is 0 Å². The summed E-state index contributed by atoms with van der Waals surface area (Å²) >= 11 is 4.95. The first-order valence-electron chi connectivity index (χ1n) is 6.85. The number of hydrogen-bond acceptors (Lipinski definition) is 2. The van der Waals surface area contributed by atoms with E-state index in [1.54, 1.807) is 0 Å². The van der Waals surface area contributed by atoms with Gasteiger partial charge in [0.1, 0.15) is 4.99 Å². The summed E-state index contributed by atoms with van der Waals surface area (Å²) in [5.41, 5.74) is 7.57. The van der Waals surface area contributed by atoms with Crippen molar-refractivity contribution in [1.82, 2.24) is 5.32 Å². The molecule has 0 heterocycles. The number of carbonyl (C=O) groups excluding carboxylic acids is 1. The molecular formula is C16H24N2OS. The molecule has 0 fully saturated rings. The monoisotopic (exact) mass is 292 g/mol. The van der Waals surface area contributed by atoms with Crippen LogP contribution in [0.15, 0.2) is 24.3 Å². The highest BCUT2D eigenvalue weighted by Gasteiger charge is 2.22. The van der Waals surface area contributed by atoms with Crippen molar-refractivity contribution in [3.63, 3.8) is 0 Å². The van der Waals surface area contributed by atoms with Crippen molar-refractivity contribution in [2.24, 2.45) is 17.1 Å². The lowest BCUT2D eigenvalue weighted by atomic mass is 9.80. The van der Waals surface area contributed by atoms with Crippen LogP contribution in [0.5, 0.6) is 0 Å². The molecule has 0 saturated heterocycles. The SMILES string of the molecule is CC(CC(=O)NCc1cccc(C(N)=S)c1)C(C)(C)C. The number of rotatable bonds is 5. The molecule has 0 aliphatic rings. The van der Waals surface area contributed by atoms with Gasteiger partial charge in [-0.2, -0.15) is 0 Å². The summed E-state index contributed by atoms with van der Waals surface area (Å²) < 4.78 is 0. The molecule has 0 aliphatic carbocycles. The minimum Gasteiger partial charge on any atom is -0.389 e. The van der Waals surface area contributed by atoms with Crippen molar-refractivity contribution >= 4 is 23.1 Å². The Morgan fingerprint density at radius 3 is 2.60 bits per heavy atom. The van der Waals surface area contributed by atoms with Gasteiger partial charge in [0.2, 0.25) is 5.91 Å². The van der Waals surface area contributed by atoms with E-state index in [-0.39, 0.29) is 11.3 Å². The molecule has 3 nitrogen and oxygen atoms in total. The van der Waals surface area contributed by atoms with E-state index >= 15 is 0 Å². The first-order valence-corrected chi connectivity index (χ1v) is 7.26. The predicted octanol–water partition coefficient (Wildman–Crippen LogP) is 3.01. The van der Waals surface area contributed by atoms with E-state index in [1.165, 1.54) is 0 Å². The van der Waals surface area contributed by atoms with Gasteiger partial charge >= 0.3 is 0 Å². The minimum absolute atomic E-state index is 0.0770. The summed E-state index contributed by atoms with van der Waals surface area (Å²) in [5, 5.41) is 2.95. The summed E-state index contributed by atoms with van der Waals surface area (Å²) in [6.45, 7) is 9.06. The zero-order chi connectivity index (χ0) is 15.3. The second kappa shape index (κ2) is 6.84. The maximum Gasteiger partial charge on any atom is 0.220 e. The summed E-state index contributed by atoms with van der Waals surface area (Å²) in [6, 6.07) is 7.63. The number of thiocarbonyl (C=S) groups is 1. The Kier molecular flexibility index (Phi) is 5.69. The molecule has 1 aromatic rings. The van der Waals surface area contributed by atoms with E-state index in [4.69, 9.17) is 18.0 Å². The molecule has 4 heteroatoms. The van der Waals surface area contributed by atoms with Crippen molar-refractivity contribution in [2.75, 3.05) is 0 Å². The molecule has 1 rings (SSSR count). The highest BCUT2D eigenvalue weighted by atomic mass is 32.1. The van der Waals surface area contributed by atoms with Crippen LogP contribution in [0.1, 0.15) is 45.2 Å². The Balaban J connectivity index is 2.53. The van der Waals surface area contributed by atoms with Crippen LogP contribution >= 0.6 is 12.2 Å². The van der Waals surface area contributed by atoms with E-state index < -0.39 is 0 Å². The van der Waals surface area contributed by atoms with Crippen LogP contribution in [0.3, 0.4) is 0 Å². The van der Waals surface area contributed by atoms with Gasteiger partial charge in [0.05, 0.1) is 0 Å². The van der Waals surface area contributed by atoms with Gasteiger partial charge in [0, 0.05) is 18.5 Å². The van der Waals surface area contributed by atoms with Gasteiger partial charge < -0.3 is 11.1 Å². The topological polar surface area (TPSA) is 55.1 Å². The normalized spacial score (nSPS) is 12.8. The Bertz CT molecular complexity index is 491. The first-order chi connectivity index (χ1) is 9.20. The molecule has 3 N–H and O–H groups in total. The maximum absolute atomic E-state index is 11.9. The van der Waals surface area contributed by atoms with Crippen molar-refractivity contribution in [3.05, 3.63) is 35.4 Å². The van der Waals surface area contributed by atoms with Crippen LogP contribution in [-0.4, -0.2) is 10.9 Å². The predicted molar refractivity (Wildman–Crippen MR) is 87.4 cm³/mol. The zero-order valence-corrected chi connectivity index (χ0v) is 13.5. The Labute approximate surface area is 126 Å². The van der Waals surface area contributed by atoms with E-state index in [2.05, 4.69) is 33.0 Å². The highest BCUT2D eigenvalue weighted by molar-refractivity contribution is 7.80. The average Bonchev–Trinajstić information content (AvgIpc) is 2.35. The lowest BCUT2D eigenvalue weighted by Gasteiger charge is -2.26. The molecule has 0 spiro atoms. The Hall–Kier alpha value is -1.42. The standard InChI is InChI=1S/C16H24N2OS/c1-11(16(2,3)4)8-14(19)18-10-12-6-5-7-13(9-12)15(17)20/h5-7,9,11H,8,10H2,1-4H3,(H2,17,20)(H,18,19). The van der Waals surface area contributed by atoms with Gasteiger partial charge in [-0.1, -0.05) is 58.1 Å². The Morgan fingerprint density at radius 2 is 2.05 bits per heavy atom. The van der Waals surface area contributed by atoms with Gasteiger partial charge in [-0.15, -0.1) is 0 Å². The third-order valence-corrected chi connectivity index (χ3v) is 3.91. The van der Waals surface area contributed by atoms with Gasteiger partial charge in [0.25, 0.3) is 0 Å². The fraction of sp³-hybridized carbons (Fsp3) is 0.500. The largest absolute Gasteiger partial charge is 0.389 e. The van der Waals surface area contributed by atoms with Gasteiger partial charge in [-0.05, 0) is 23.0 Å². The van der Waals surface area contributed by atoms with Crippen LogP contribution in [-0.2, 0) is 11.3 Å². The molecule has 1 aromatic carbocycles. The van der Waals surface area contributed by atoms with Crippen LogP contribution < -0.4 is 11.1 Å². The summed E-state index contributed by atoms with van der Waals surface area (Å²) in [6.07, 6.45) is 0.540. The third kappa shape index (κ3) is 5.29. The van der Waals surface area contributed by atoms with E-state index in [1.807, 2.05) is 24.3 Å². The Morgan fingerprint density at radius 1 is 1.40 bits per heavy atom. The smallest absolute Gasteiger partial charge is 0.220 e. The van der Waals surface area contributed by atoms with Crippen LogP contribution in [0.25, 0.3) is 0 Å². The molecule has 0 aliphatic heterocycles. The molecule has 0 saturated carbocycles. The molecule has 0 radical (unpaired) electrons. The lowest BCUT2D eigenvalue weighted by molar-refractivity contribution is -0.122. The molecule has 0 bridgehead atoms. The van der Waals surface area contributed by atoms with Crippen LogP contribution in [0, 0.1) is 11.3 Å². The number of carbonyl (C=O) groups is 1. The third-order valence-electron chi connectivity index (χ3n) is 3.67. The lowest BCUT2D eigenvalue weighted by Crippen LogP contribution is -2.28. The zero-order valence-electron chi connectivity index (χ0n) is 12.7. The van der Waals surface area contributed by atoms with E-state index in [0.717, 1.165) is 11.1 Å². The number of nitrogens with one attached hydrogen (secondary N) is 1. The maximum atomic E-state index is 11.9. The first kappa shape index (κ1) is 16.6. The van der Waals surface area contributed by atoms with Gasteiger partial charge in [-0.25, -0.2) is 0 Å². The minimum atomic E-state index is 0.0770. The van der Waals surface area contributed by atoms with Crippen molar-refractivity contribution in [2.45, 2.75) is 40.7 Å². The second-order valence-corrected chi connectivity index (χ2v) is 6.75. The highest BCUT2D eigenvalue weighted by Crippen LogP contribution is 2.27. The summed E-state index contributed by atoms with van der Waals surface area (Å²) in [5.74, 6) is 0.415. The quantitative estimate of drug-likeness (QED) is 0.820. The molecular weight excluding hydrogens is 268 g/mol. The molecule has 1 unspecified atom stereocenters. The molecule has 20 heavy (non-hydrogen) atoms. The van der Waals surface area contributed by atoms with Gasteiger partial charge in [0.15, 0.2) is 0 Å². The second-order valence-electron chi connectivity index (χ2n) is 6.31. The molecule has 1 atom stereocenters. The van der Waals surface area contributed by atoms with E-state index in [9.17, 15) is 4.79 Å².